The third-order valence-corrected chi connectivity index (χ3v) is 3.40. The summed E-state index contributed by atoms with van der Waals surface area (Å²) in [5.41, 5.74) is 0. The maximum absolute atomic E-state index is 2.29. The highest BCUT2D eigenvalue weighted by molar-refractivity contribution is 4.65. The van der Waals surface area contributed by atoms with Gasteiger partial charge in [-0.1, -0.05) is 105 Å². The van der Waals surface area contributed by atoms with Gasteiger partial charge in [0.2, 0.25) is 0 Å². The minimum absolute atomic E-state index is 1.11. The van der Waals surface area contributed by atoms with Gasteiger partial charge < -0.3 is 0 Å². The molecule has 0 aliphatic heterocycles. The fourth-order valence-corrected chi connectivity index (χ4v) is 2.32. The monoisotopic (exact) mass is 242 g/mol. The van der Waals surface area contributed by atoms with Gasteiger partial charge in [-0.15, -0.1) is 0 Å². The van der Waals surface area contributed by atoms with Gasteiger partial charge in [-0.05, 0) is 5.92 Å². The average molecular weight is 242 g/mol. The largest absolute Gasteiger partial charge is 0.0683 e. The van der Waals surface area contributed by atoms with E-state index in [4.69, 9.17) is 0 Å². The molecule has 1 saturated carbocycles. The quantitative estimate of drug-likeness (QED) is 0.488. The van der Waals surface area contributed by atoms with Crippen LogP contribution in [0.2, 0.25) is 0 Å². The summed E-state index contributed by atoms with van der Waals surface area (Å²) >= 11 is 0. The summed E-state index contributed by atoms with van der Waals surface area (Å²) < 4.78 is 0. The molecule has 0 atom stereocenters. The molecule has 0 radical (unpaired) electrons. The zero-order valence-corrected chi connectivity index (χ0v) is 13.4. The van der Waals surface area contributed by atoms with Crippen molar-refractivity contribution in [3.63, 3.8) is 0 Å². The van der Waals surface area contributed by atoms with Gasteiger partial charge in [0.05, 0.1) is 0 Å². The molecule has 0 aromatic heterocycles. The molecule has 0 N–H and O–H groups in total. The van der Waals surface area contributed by atoms with Crippen LogP contribution in [0, 0.1) is 5.92 Å². The first-order valence-corrected chi connectivity index (χ1v) is 8.35. The minimum atomic E-state index is 1.11. The summed E-state index contributed by atoms with van der Waals surface area (Å²) in [4.78, 5) is 0. The Morgan fingerprint density at radius 1 is 0.706 bits per heavy atom. The van der Waals surface area contributed by atoms with E-state index in [1.54, 1.807) is 0 Å². The Bertz CT molecular complexity index is 98.6. The van der Waals surface area contributed by atoms with Crippen molar-refractivity contribution in [3.05, 3.63) is 0 Å². The first-order chi connectivity index (χ1) is 8.35. The molecule has 0 amide bonds. The lowest BCUT2D eigenvalue weighted by molar-refractivity contribution is 0.331. The van der Waals surface area contributed by atoms with E-state index < -0.39 is 0 Å². The fraction of sp³-hybridized carbons (Fsp3) is 1.00. The summed E-state index contributed by atoms with van der Waals surface area (Å²) in [7, 11) is 0. The van der Waals surface area contributed by atoms with Gasteiger partial charge in [0.1, 0.15) is 0 Å². The molecule has 1 fully saturated rings. The molecule has 1 aliphatic carbocycles. The van der Waals surface area contributed by atoms with Gasteiger partial charge >= 0.3 is 0 Å². The van der Waals surface area contributed by atoms with Crippen LogP contribution in [-0.2, 0) is 0 Å². The van der Waals surface area contributed by atoms with E-state index in [2.05, 4.69) is 20.8 Å². The third kappa shape index (κ3) is 16.0. The third-order valence-electron chi connectivity index (χ3n) is 3.40. The van der Waals surface area contributed by atoms with Crippen molar-refractivity contribution in [2.24, 2.45) is 5.92 Å². The van der Waals surface area contributed by atoms with Gasteiger partial charge in [-0.25, -0.2) is 0 Å². The normalized spacial score (nSPS) is 15.4. The summed E-state index contributed by atoms with van der Waals surface area (Å²) in [5.74, 6) is 1.11. The van der Waals surface area contributed by atoms with Crippen LogP contribution < -0.4 is 0 Å². The maximum Gasteiger partial charge on any atom is -0.0414 e. The van der Waals surface area contributed by atoms with E-state index in [1.165, 1.54) is 70.6 Å². The van der Waals surface area contributed by atoms with Gasteiger partial charge in [0, 0.05) is 0 Å². The van der Waals surface area contributed by atoms with Crippen LogP contribution in [-0.4, -0.2) is 0 Å². The van der Waals surface area contributed by atoms with E-state index in [-0.39, 0.29) is 0 Å². The smallest absolute Gasteiger partial charge is 0.0414 e. The van der Waals surface area contributed by atoms with Crippen LogP contribution in [0.4, 0.5) is 0 Å². The standard InChI is InChI=1S/C10H20.C5H12.C2H6/c1-2-3-7-10-8-5-4-6-9-10;1-3-5-4-2;1-2/h10H,2-9H2,1H3;3-5H2,1-2H3;1-2H3. The topological polar surface area (TPSA) is 0 Å². The van der Waals surface area contributed by atoms with Gasteiger partial charge in [0.25, 0.3) is 0 Å². The Morgan fingerprint density at radius 3 is 1.53 bits per heavy atom. The molecule has 0 heteroatoms. The molecule has 0 spiro atoms. The number of rotatable bonds is 5. The van der Waals surface area contributed by atoms with E-state index in [0.29, 0.717) is 0 Å². The lowest BCUT2D eigenvalue weighted by atomic mass is 9.86. The summed E-state index contributed by atoms with van der Waals surface area (Å²) in [6, 6.07) is 0. The molecule has 1 aliphatic rings. The highest BCUT2D eigenvalue weighted by atomic mass is 14.2. The second-order valence-corrected chi connectivity index (χ2v) is 5.00. The van der Waals surface area contributed by atoms with E-state index >= 15 is 0 Å². The predicted molar refractivity (Wildman–Crippen MR) is 82.6 cm³/mol. The van der Waals surface area contributed by atoms with Crippen LogP contribution in [0.3, 0.4) is 0 Å². The lowest BCUT2D eigenvalue weighted by Gasteiger charge is -2.20. The number of hydrogen-bond acceptors (Lipinski definition) is 0. The van der Waals surface area contributed by atoms with Crippen molar-refractivity contribution >= 4 is 0 Å². The fourth-order valence-electron chi connectivity index (χ4n) is 2.32. The molecule has 17 heavy (non-hydrogen) atoms. The average Bonchev–Trinajstić information content (AvgIpc) is 2.41. The zero-order chi connectivity index (χ0) is 13.4. The van der Waals surface area contributed by atoms with Gasteiger partial charge in [0.15, 0.2) is 0 Å². The molecule has 0 aromatic rings. The summed E-state index contributed by atoms with van der Waals surface area (Å²) in [6.07, 6.45) is 16.0. The highest BCUT2D eigenvalue weighted by Crippen LogP contribution is 2.27. The zero-order valence-electron chi connectivity index (χ0n) is 13.4. The SMILES string of the molecule is CC.CCCCC.CCCCC1CCCCC1. The first-order valence-electron chi connectivity index (χ1n) is 8.35. The molecule has 0 unspecified atom stereocenters. The molecule has 0 saturated heterocycles. The Labute approximate surface area is 112 Å². The van der Waals surface area contributed by atoms with E-state index in [1.807, 2.05) is 13.8 Å². The summed E-state index contributed by atoms with van der Waals surface area (Å²) in [6.45, 7) is 10.7. The number of unbranched alkanes of at least 4 members (excludes halogenated alkanes) is 3. The lowest BCUT2D eigenvalue weighted by Crippen LogP contribution is -2.05. The molecule has 1 rings (SSSR count). The van der Waals surface area contributed by atoms with Crippen LogP contribution in [0.5, 0.6) is 0 Å². The Morgan fingerprint density at radius 2 is 1.18 bits per heavy atom. The van der Waals surface area contributed by atoms with Crippen LogP contribution in [0.1, 0.15) is 105 Å². The van der Waals surface area contributed by atoms with Crippen molar-refractivity contribution in [1.29, 1.82) is 0 Å². The first kappa shape index (κ1) is 19.3. The molecule has 106 valence electrons. The predicted octanol–water partition coefficient (Wildman–Crippen LogP) is 6.98. The van der Waals surface area contributed by atoms with E-state index in [9.17, 15) is 0 Å². The Balaban J connectivity index is 0. The van der Waals surface area contributed by atoms with Crippen molar-refractivity contribution in [1.82, 2.24) is 0 Å². The van der Waals surface area contributed by atoms with Gasteiger partial charge in [-0.3, -0.25) is 0 Å². The maximum atomic E-state index is 2.29. The van der Waals surface area contributed by atoms with Crippen molar-refractivity contribution in [2.75, 3.05) is 0 Å². The summed E-state index contributed by atoms with van der Waals surface area (Å²) in [5, 5.41) is 0. The van der Waals surface area contributed by atoms with Crippen molar-refractivity contribution in [3.8, 4) is 0 Å². The van der Waals surface area contributed by atoms with Crippen LogP contribution in [0.25, 0.3) is 0 Å². The molecular formula is C17H38. The van der Waals surface area contributed by atoms with Crippen LogP contribution in [0.15, 0.2) is 0 Å². The van der Waals surface area contributed by atoms with Crippen molar-refractivity contribution in [2.45, 2.75) is 105 Å². The second kappa shape index (κ2) is 18.4. The Hall–Kier alpha value is 0. The molecule has 0 nitrogen and oxygen atoms in total. The second-order valence-electron chi connectivity index (χ2n) is 5.00. The minimum Gasteiger partial charge on any atom is -0.0683 e. The highest BCUT2D eigenvalue weighted by Gasteiger charge is 2.11. The molecule has 0 aromatic carbocycles. The molecule has 0 bridgehead atoms. The van der Waals surface area contributed by atoms with Crippen LogP contribution >= 0.6 is 0 Å². The number of hydrogen-bond donors (Lipinski definition) is 0. The molecular weight excluding hydrogens is 204 g/mol. The molecule has 0 heterocycles. The Kier molecular flexibility index (Phi) is 20.9. The van der Waals surface area contributed by atoms with Crippen molar-refractivity contribution < 1.29 is 0 Å². The van der Waals surface area contributed by atoms with Gasteiger partial charge in [-0.2, -0.15) is 0 Å². The van der Waals surface area contributed by atoms with E-state index in [0.717, 1.165) is 5.92 Å².